The highest BCUT2D eigenvalue weighted by atomic mass is 16.1. The highest BCUT2D eigenvalue weighted by Gasteiger charge is 2.19. The van der Waals surface area contributed by atoms with Gasteiger partial charge in [0.15, 0.2) is 0 Å². The summed E-state index contributed by atoms with van der Waals surface area (Å²) >= 11 is 0. The Bertz CT molecular complexity index is 516. The van der Waals surface area contributed by atoms with Crippen molar-refractivity contribution in [2.75, 3.05) is 19.0 Å². The van der Waals surface area contributed by atoms with Gasteiger partial charge in [0.2, 0.25) is 5.91 Å². The first kappa shape index (κ1) is 12.2. The fourth-order valence-electron chi connectivity index (χ4n) is 1.86. The second-order valence-electron chi connectivity index (χ2n) is 4.30. The molecule has 0 aliphatic heterocycles. The number of primary amides is 1. The lowest BCUT2D eigenvalue weighted by Crippen LogP contribution is -2.26. The number of amides is 1. The minimum absolute atomic E-state index is 0.398. The Hall–Kier alpha value is -2.30. The molecule has 5 heteroatoms. The third-order valence-corrected chi connectivity index (χ3v) is 2.82. The summed E-state index contributed by atoms with van der Waals surface area (Å²) in [4.78, 5) is 17.5. The molecule has 1 atom stereocenters. The Kier molecular flexibility index (Phi) is 3.32. The van der Waals surface area contributed by atoms with E-state index < -0.39 is 11.9 Å². The van der Waals surface area contributed by atoms with Gasteiger partial charge in [-0.05, 0) is 17.7 Å². The van der Waals surface area contributed by atoms with Gasteiger partial charge in [0, 0.05) is 32.2 Å². The molecular formula is C13H16N4O. The molecule has 1 aromatic heterocycles. The predicted octanol–water partition coefficient (Wildman–Crippen LogP) is 1.02. The van der Waals surface area contributed by atoms with E-state index in [1.54, 1.807) is 23.3 Å². The van der Waals surface area contributed by atoms with E-state index in [2.05, 4.69) is 4.98 Å². The largest absolute Gasteiger partial charge is 0.378 e. The van der Waals surface area contributed by atoms with E-state index in [0.717, 1.165) is 11.3 Å². The maximum absolute atomic E-state index is 11.6. The van der Waals surface area contributed by atoms with Gasteiger partial charge in [-0.25, -0.2) is 4.98 Å². The van der Waals surface area contributed by atoms with Crippen LogP contribution in [0.25, 0.3) is 0 Å². The van der Waals surface area contributed by atoms with E-state index in [1.165, 1.54) is 0 Å². The van der Waals surface area contributed by atoms with Crippen molar-refractivity contribution in [1.82, 2.24) is 9.55 Å². The fourth-order valence-corrected chi connectivity index (χ4v) is 1.86. The molecule has 1 amide bonds. The summed E-state index contributed by atoms with van der Waals surface area (Å²) in [7, 11) is 3.94. The van der Waals surface area contributed by atoms with Gasteiger partial charge in [-0.2, -0.15) is 0 Å². The lowest BCUT2D eigenvalue weighted by molar-refractivity contribution is -0.120. The van der Waals surface area contributed by atoms with E-state index in [9.17, 15) is 4.79 Å². The monoisotopic (exact) mass is 244 g/mol. The summed E-state index contributed by atoms with van der Waals surface area (Å²) < 4.78 is 1.70. The van der Waals surface area contributed by atoms with Crippen LogP contribution >= 0.6 is 0 Å². The van der Waals surface area contributed by atoms with Crippen LogP contribution in [0.15, 0.2) is 43.0 Å². The summed E-state index contributed by atoms with van der Waals surface area (Å²) in [5.74, 6) is -0.398. The van der Waals surface area contributed by atoms with E-state index in [0.29, 0.717) is 0 Å². The topological polar surface area (TPSA) is 64.2 Å². The molecule has 94 valence electrons. The lowest BCUT2D eigenvalue weighted by atomic mass is 10.1. The molecule has 1 heterocycles. The average Bonchev–Trinajstić information content (AvgIpc) is 2.83. The summed E-state index contributed by atoms with van der Waals surface area (Å²) in [6, 6.07) is 7.23. The van der Waals surface area contributed by atoms with Gasteiger partial charge in [0.1, 0.15) is 6.04 Å². The van der Waals surface area contributed by atoms with Crippen LogP contribution < -0.4 is 10.6 Å². The zero-order valence-electron chi connectivity index (χ0n) is 10.4. The highest BCUT2D eigenvalue weighted by Crippen LogP contribution is 2.21. The van der Waals surface area contributed by atoms with Crippen molar-refractivity contribution in [3.63, 3.8) is 0 Å². The lowest BCUT2D eigenvalue weighted by Gasteiger charge is -2.17. The molecule has 2 rings (SSSR count). The van der Waals surface area contributed by atoms with Crippen molar-refractivity contribution >= 4 is 11.6 Å². The van der Waals surface area contributed by atoms with Crippen LogP contribution in [0.1, 0.15) is 11.6 Å². The van der Waals surface area contributed by atoms with Crippen molar-refractivity contribution < 1.29 is 4.79 Å². The minimum atomic E-state index is -0.510. The highest BCUT2D eigenvalue weighted by molar-refractivity contribution is 5.82. The second-order valence-corrected chi connectivity index (χ2v) is 4.30. The van der Waals surface area contributed by atoms with E-state index in [1.807, 2.05) is 43.3 Å². The molecule has 18 heavy (non-hydrogen) atoms. The first-order valence-corrected chi connectivity index (χ1v) is 5.63. The Labute approximate surface area is 106 Å². The average molecular weight is 244 g/mol. The summed E-state index contributed by atoms with van der Waals surface area (Å²) in [5.41, 5.74) is 7.39. The van der Waals surface area contributed by atoms with E-state index in [-0.39, 0.29) is 0 Å². The molecular weight excluding hydrogens is 228 g/mol. The molecule has 0 saturated heterocycles. The quantitative estimate of drug-likeness (QED) is 0.873. The smallest absolute Gasteiger partial charge is 0.245 e. The van der Waals surface area contributed by atoms with Gasteiger partial charge in [-0.15, -0.1) is 0 Å². The Morgan fingerprint density at radius 3 is 2.44 bits per heavy atom. The maximum atomic E-state index is 11.6. The van der Waals surface area contributed by atoms with Gasteiger partial charge in [-0.3, -0.25) is 4.79 Å². The van der Waals surface area contributed by atoms with Crippen molar-refractivity contribution in [2.45, 2.75) is 6.04 Å². The summed E-state index contributed by atoms with van der Waals surface area (Å²) in [5, 5.41) is 0. The van der Waals surface area contributed by atoms with Crippen LogP contribution in [-0.4, -0.2) is 29.6 Å². The number of nitrogens with two attached hydrogens (primary N) is 1. The van der Waals surface area contributed by atoms with Gasteiger partial charge in [0.05, 0.1) is 6.33 Å². The maximum Gasteiger partial charge on any atom is 0.245 e. The number of benzene rings is 1. The number of imidazole rings is 1. The van der Waals surface area contributed by atoms with Crippen molar-refractivity contribution in [1.29, 1.82) is 0 Å². The Morgan fingerprint density at radius 2 is 2.00 bits per heavy atom. The molecule has 0 fully saturated rings. The normalized spacial score (nSPS) is 12.1. The first-order valence-electron chi connectivity index (χ1n) is 5.63. The Morgan fingerprint density at radius 1 is 1.33 bits per heavy atom. The first-order chi connectivity index (χ1) is 8.59. The zero-order valence-corrected chi connectivity index (χ0v) is 10.4. The van der Waals surface area contributed by atoms with Gasteiger partial charge < -0.3 is 15.2 Å². The molecule has 0 aliphatic rings. The standard InChI is InChI=1S/C13H16N4O/c1-16(2)11-5-3-10(4-6-11)12(13(14)18)17-8-7-15-9-17/h3-9,12H,1-2H3,(H2,14,18). The van der Waals surface area contributed by atoms with Crippen LogP contribution in [0.4, 0.5) is 5.69 Å². The number of anilines is 1. The molecule has 0 aliphatic carbocycles. The number of hydrogen-bond donors (Lipinski definition) is 1. The second kappa shape index (κ2) is 4.91. The number of rotatable bonds is 4. The van der Waals surface area contributed by atoms with Crippen molar-refractivity contribution in [2.24, 2.45) is 5.73 Å². The van der Waals surface area contributed by atoms with Crippen LogP contribution in [-0.2, 0) is 4.79 Å². The minimum Gasteiger partial charge on any atom is -0.378 e. The van der Waals surface area contributed by atoms with Crippen LogP contribution in [0.2, 0.25) is 0 Å². The summed E-state index contributed by atoms with van der Waals surface area (Å²) in [6.45, 7) is 0. The molecule has 1 aromatic carbocycles. The third kappa shape index (κ3) is 2.34. The van der Waals surface area contributed by atoms with Gasteiger partial charge >= 0.3 is 0 Å². The number of carbonyl (C=O) groups is 1. The summed E-state index contributed by atoms with van der Waals surface area (Å²) in [6.07, 6.45) is 4.95. The molecule has 0 saturated carbocycles. The number of hydrogen-bond acceptors (Lipinski definition) is 3. The van der Waals surface area contributed by atoms with Crippen molar-refractivity contribution in [3.8, 4) is 0 Å². The molecule has 0 radical (unpaired) electrons. The van der Waals surface area contributed by atoms with Gasteiger partial charge in [-0.1, -0.05) is 12.1 Å². The third-order valence-electron chi connectivity index (χ3n) is 2.82. The molecule has 2 aromatic rings. The van der Waals surface area contributed by atoms with E-state index in [4.69, 9.17) is 5.73 Å². The van der Waals surface area contributed by atoms with Crippen LogP contribution in [0, 0.1) is 0 Å². The number of aromatic nitrogens is 2. The molecule has 0 bridgehead atoms. The SMILES string of the molecule is CN(C)c1ccc(C(C(N)=O)n2ccnc2)cc1. The predicted molar refractivity (Wildman–Crippen MR) is 70.3 cm³/mol. The van der Waals surface area contributed by atoms with Crippen LogP contribution in [0.5, 0.6) is 0 Å². The molecule has 2 N–H and O–H groups in total. The number of carbonyl (C=O) groups excluding carboxylic acids is 1. The van der Waals surface area contributed by atoms with E-state index >= 15 is 0 Å². The molecule has 5 nitrogen and oxygen atoms in total. The molecule has 0 spiro atoms. The fraction of sp³-hybridized carbons (Fsp3) is 0.231. The Balaban J connectivity index is 2.35. The molecule has 1 unspecified atom stereocenters. The van der Waals surface area contributed by atoms with Crippen LogP contribution in [0.3, 0.4) is 0 Å². The zero-order chi connectivity index (χ0) is 13.1. The van der Waals surface area contributed by atoms with Gasteiger partial charge in [0.25, 0.3) is 0 Å². The number of nitrogens with zero attached hydrogens (tertiary/aromatic N) is 3. The van der Waals surface area contributed by atoms with Crippen molar-refractivity contribution in [3.05, 3.63) is 48.5 Å².